The number of rotatable bonds is 2. The number of nitrogens with one attached hydrogen (secondary N) is 1. The minimum Gasteiger partial charge on any atom is -0.320 e. The summed E-state index contributed by atoms with van der Waals surface area (Å²) in [5.41, 5.74) is 2.50. The van der Waals surface area contributed by atoms with Gasteiger partial charge in [0.05, 0.1) is 16.3 Å². The van der Waals surface area contributed by atoms with Gasteiger partial charge in [-0.3, -0.25) is 9.78 Å². The highest BCUT2D eigenvalue weighted by atomic mass is 32.1. The summed E-state index contributed by atoms with van der Waals surface area (Å²) >= 11 is 5.55. The Kier molecular flexibility index (Phi) is 3.49. The zero-order chi connectivity index (χ0) is 12.4. The zero-order valence-electron chi connectivity index (χ0n) is 9.52. The predicted octanol–water partition coefficient (Wildman–Crippen LogP) is 3.30. The van der Waals surface area contributed by atoms with E-state index in [9.17, 15) is 4.79 Å². The lowest BCUT2D eigenvalue weighted by molar-refractivity contribution is 0.103. The average molecular weight is 264 g/mol. The maximum atomic E-state index is 11.9. The number of pyridine rings is 1. The van der Waals surface area contributed by atoms with E-state index in [2.05, 4.69) is 22.9 Å². The van der Waals surface area contributed by atoms with Crippen LogP contribution in [-0.4, -0.2) is 10.9 Å². The molecule has 0 aliphatic rings. The van der Waals surface area contributed by atoms with E-state index in [-0.39, 0.29) is 5.91 Å². The van der Waals surface area contributed by atoms with Crippen molar-refractivity contribution in [2.75, 3.05) is 5.32 Å². The zero-order valence-corrected chi connectivity index (χ0v) is 11.2. The number of aromatic nitrogens is 1. The number of thiol groups is 1. The number of anilines is 1. The molecule has 0 saturated heterocycles. The van der Waals surface area contributed by atoms with Gasteiger partial charge in [0.25, 0.3) is 5.91 Å². The number of thiophene rings is 1. The lowest BCUT2D eigenvalue weighted by Gasteiger charge is -2.06. The summed E-state index contributed by atoms with van der Waals surface area (Å²) in [7, 11) is 0. The van der Waals surface area contributed by atoms with Crippen LogP contribution in [0, 0.1) is 13.8 Å². The molecule has 0 aliphatic carbocycles. The van der Waals surface area contributed by atoms with Gasteiger partial charge in [0.15, 0.2) is 0 Å². The van der Waals surface area contributed by atoms with Crippen LogP contribution < -0.4 is 5.32 Å². The Balaban J connectivity index is 2.18. The van der Waals surface area contributed by atoms with Crippen molar-refractivity contribution in [3.8, 4) is 0 Å². The van der Waals surface area contributed by atoms with Crippen LogP contribution in [0.25, 0.3) is 0 Å². The Labute approximate surface area is 109 Å². The standard InChI is InChI=1S/C12H12N2OS2/c1-7-3-4-10(8(2)13-7)14-12(15)11-5-9(16)6-17-11/h3-6,16H,1-2H3,(H,14,15). The van der Waals surface area contributed by atoms with Gasteiger partial charge in [-0.25, -0.2) is 0 Å². The molecular weight excluding hydrogens is 252 g/mol. The van der Waals surface area contributed by atoms with Crippen LogP contribution in [0.15, 0.2) is 28.5 Å². The van der Waals surface area contributed by atoms with Crippen molar-refractivity contribution in [2.24, 2.45) is 0 Å². The summed E-state index contributed by atoms with van der Waals surface area (Å²) in [5, 5.41) is 4.67. The normalized spacial score (nSPS) is 10.3. The highest BCUT2D eigenvalue weighted by Crippen LogP contribution is 2.20. The second-order valence-electron chi connectivity index (χ2n) is 3.71. The molecule has 0 fully saturated rings. The maximum absolute atomic E-state index is 11.9. The van der Waals surface area contributed by atoms with Crippen molar-refractivity contribution in [1.82, 2.24) is 4.98 Å². The van der Waals surface area contributed by atoms with Crippen molar-refractivity contribution < 1.29 is 4.79 Å². The molecule has 5 heteroatoms. The third kappa shape index (κ3) is 2.87. The fourth-order valence-electron chi connectivity index (χ4n) is 1.45. The van der Waals surface area contributed by atoms with Gasteiger partial charge in [0.1, 0.15) is 0 Å². The van der Waals surface area contributed by atoms with Gasteiger partial charge < -0.3 is 5.32 Å². The average Bonchev–Trinajstić information content (AvgIpc) is 2.69. The Morgan fingerprint density at radius 2 is 2.18 bits per heavy atom. The number of nitrogens with zero attached hydrogens (tertiary/aromatic N) is 1. The van der Waals surface area contributed by atoms with E-state index in [0.717, 1.165) is 22.0 Å². The number of hydrogen-bond acceptors (Lipinski definition) is 4. The van der Waals surface area contributed by atoms with E-state index in [4.69, 9.17) is 0 Å². The van der Waals surface area contributed by atoms with Crippen LogP contribution in [0.1, 0.15) is 21.1 Å². The van der Waals surface area contributed by atoms with Crippen LogP contribution in [0.4, 0.5) is 5.69 Å². The minimum absolute atomic E-state index is 0.121. The van der Waals surface area contributed by atoms with E-state index in [1.54, 1.807) is 6.07 Å². The van der Waals surface area contributed by atoms with Gasteiger partial charge in [0.2, 0.25) is 0 Å². The van der Waals surface area contributed by atoms with Crippen LogP contribution in [0.5, 0.6) is 0 Å². The summed E-state index contributed by atoms with van der Waals surface area (Å²) in [6, 6.07) is 5.49. The van der Waals surface area contributed by atoms with E-state index >= 15 is 0 Å². The Hall–Kier alpha value is -1.33. The van der Waals surface area contributed by atoms with E-state index in [0.29, 0.717) is 4.88 Å². The molecule has 2 aromatic heterocycles. The number of carbonyl (C=O) groups is 1. The predicted molar refractivity (Wildman–Crippen MR) is 73.2 cm³/mol. The summed E-state index contributed by atoms with van der Waals surface area (Å²) in [4.78, 5) is 17.7. The van der Waals surface area contributed by atoms with Gasteiger partial charge in [0, 0.05) is 16.0 Å². The third-order valence-corrected chi connectivity index (χ3v) is 3.64. The smallest absolute Gasteiger partial charge is 0.265 e. The Bertz CT molecular complexity index is 563. The molecule has 0 saturated carbocycles. The minimum atomic E-state index is -0.121. The molecule has 2 aromatic rings. The molecule has 0 aromatic carbocycles. The van der Waals surface area contributed by atoms with Gasteiger partial charge in [-0.15, -0.1) is 24.0 Å². The molecule has 0 aliphatic heterocycles. The molecule has 2 rings (SSSR count). The van der Waals surface area contributed by atoms with E-state index in [1.807, 2.05) is 31.4 Å². The van der Waals surface area contributed by atoms with Gasteiger partial charge in [-0.2, -0.15) is 0 Å². The first-order chi connectivity index (χ1) is 8.06. The number of amides is 1. The van der Waals surface area contributed by atoms with E-state index in [1.165, 1.54) is 11.3 Å². The van der Waals surface area contributed by atoms with E-state index < -0.39 is 0 Å². The van der Waals surface area contributed by atoms with Crippen LogP contribution in [0.3, 0.4) is 0 Å². The highest BCUT2D eigenvalue weighted by Gasteiger charge is 2.10. The van der Waals surface area contributed by atoms with Crippen molar-refractivity contribution >= 4 is 35.6 Å². The quantitative estimate of drug-likeness (QED) is 0.817. The summed E-state index contributed by atoms with van der Waals surface area (Å²) in [6.45, 7) is 3.80. The van der Waals surface area contributed by atoms with Crippen molar-refractivity contribution in [2.45, 2.75) is 18.7 Å². The van der Waals surface area contributed by atoms with Crippen molar-refractivity contribution in [1.29, 1.82) is 0 Å². The van der Waals surface area contributed by atoms with Crippen LogP contribution >= 0.6 is 24.0 Å². The molecule has 1 amide bonds. The second kappa shape index (κ2) is 4.89. The summed E-state index contributed by atoms with van der Waals surface area (Å²) in [5.74, 6) is -0.121. The summed E-state index contributed by atoms with van der Waals surface area (Å²) in [6.07, 6.45) is 0. The first-order valence-electron chi connectivity index (χ1n) is 5.09. The van der Waals surface area contributed by atoms with Gasteiger partial charge >= 0.3 is 0 Å². The fraction of sp³-hybridized carbons (Fsp3) is 0.167. The maximum Gasteiger partial charge on any atom is 0.265 e. The molecule has 0 radical (unpaired) electrons. The first-order valence-corrected chi connectivity index (χ1v) is 6.42. The molecule has 17 heavy (non-hydrogen) atoms. The number of aryl methyl sites for hydroxylation is 2. The first kappa shape index (κ1) is 12.1. The largest absolute Gasteiger partial charge is 0.320 e. The molecule has 1 N–H and O–H groups in total. The van der Waals surface area contributed by atoms with Gasteiger partial charge in [-0.1, -0.05) is 0 Å². The molecule has 2 heterocycles. The lowest BCUT2D eigenvalue weighted by atomic mass is 10.2. The molecular formula is C12H12N2OS2. The summed E-state index contributed by atoms with van der Waals surface area (Å²) < 4.78 is 0. The molecule has 0 spiro atoms. The van der Waals surface area contributed by atoms with Crippen LogP contribution in [0.2, 0.25) is 0 Å². The molecule has 0 unspecified atom stereocenters. The van der Waals surface area contributed by atoms with Crippen molar-refractivity contribution in [3.05, 3.63) is 39.8 Å². The second-order valence-corrected chi connectivity index (χ2v) is 5.14. The Morgan fingerprint density at radius 3 is 2.76 bits per heavy atom. The fourth-order valence-corrected chi connectivity index (χ4v) is 2.49. The van der Waals surface area contributed by atoms with Crippen LogP contribution in [-0.2, 0) is 0 Å². The highest BCUT2D eigenvalue weighted by molar-refractivity contribution is 7.80. The molecule has 88 valence electrons. The molecule has 3 nitrogen and oxygen atoms in total. The van der Waals surface area contributed by atoms with Gasteiger partial charge in [-0.05, 0) is 32.0 Å². The monoisotopic (exact) mass is 264 g/mol. The SMILES string of the molecule is Cc1ccc(NC(=O)c2cc(S)cs2)c(C)n1. The van der Waals surface area contributed by atoms with Crippen molar-refractivity contribution in [3.63, 3.8) is 0 Å². The third-order valence-electron chi connectivity index (χ3n) is 2.28. The number of hydrogen-bond donors (Lipinski definition) is 2. The lowest BCUT2D eigenvalue weighted by Crippen LogP contribution is -2.11. The topological polar surface area (TPSA) is 42.0 Å². The molecule has 0 bridgehead atoms. The Morgan fingerprint density at radius 1 is 1.41 bits per heavy atom. The molecule has 0 atom stereocenters. The number of carbonyl (C=O) groups excluding carboxylic acids is 1.